The molecular formula is C35H47NS. The molecule has 0 N–H and O–H groups in total. The second-order valence-corrected chi connectivity index (χ2v) is 10.8. The van der Waals surface area contributed by atoms with Crippen LogP contribution in [0.2, 0.25) is 0 Å². The second kappa shape index (κ2) is 15.5. The van der Waals surface area contributed by atoms with Gasteiger partial charge in [-0.1, -0.05) is 84.8 Å². The molecule has 1 aliphatic carbocycles. The van der Waals surface area contributed by atoms with Crippen LogP contribution in [-0.4, -0.2) is 4.98 Å². The van der Waals surface area contributed by atoms with Crippen LogP contribution in [0.5, 0.6) is 0 Å². The molecule has 0 fully saturated rings. The lowest BCUT2D eigenvalue weighted by Gasteiger charge is -2.14. The molecule has 0 saturated carbocycles. The van der Waals surface area contributed by atoms with Crippen molar-refractivity contribution in [3.8, 4) is 11.1 Å². The maximum Gasteiger partial charge on any atom is 0.0705 e. The van der Waals surface area contributed by atoms with Crippen molar-refractivity contribution in [2.24, 2.45) is 5.92 Å². The third kappa shape index (κ3) is 8.40. The van der Waals surface area contributed by atoms with Crippen molar-refractivity contribution < 1.29 is 0 Å². The molecular weight excluding hydrogens is 466 g/mol. The van der Waals surface area contributed by atoms with Crippen LogP contribution in [0, 0.1) is 19.8 Å². The van der Waals surface area contributed by atoms with Crippen LogP contribution in [0.15, 0.2) is 54.4 Å². The molecule has 0 aliphatic heterocycles. The molecule has 0 spiro atoms. The van der Waals surface area contributed by atoms with Crippen molar-refractivity contribution in [2.75, 3.05) is 0 Å². The van der Waals surface area contributed by atoms with Gasteiger partial charge in [0.05, 0.1) is 5.69 Å². The molecule has 198 valence electrons. The third-order valence-corrected chi connectivity index (χ3v) is 7.41. The number of hydrogen-bond acceptors (Lipinski definition) is 2. The fourth-order valence-corrected chi connectivity index (χ4v) is 5.22. The van der Waals surface area contributed by atoms with E-state index < -0.39 is 0 Å². The number of fused-ring (bicyclic) bond motifs is 1. The molecule has 2 heterocycles. The lowest BCUT2D eigenvalue weighted by molar-refractivity contribution is 0.636. The first-order chi connectivity index (χ1) is 17.9. The second-order valence-electron chi connectivity index (χ2n) is 9.66. The highest BCUT2D eigenvalue weighted by molar-refractivity contribution is 7.10. The molecule has 1 nitrogen and oxygen atoms in total. The number of pyridine rings is 1. The quantitative estimate of drug-likeness (QED) is 0.299. The summed E-state index contributed by atoms with van der Waals surface area (Å²) in [4.78, 5) is 6.05. The van der Waals surface area contributed by atoms with Crippen LogP contribution < -0.4 is 10.4 Å². The summed E-state index contributed by atoms with van der Waals surface area (Å²) in [7, 11) is 0. The Hall–Kier alpha value is -2.71. The maximum atomic E-state index is 4.71. The zero-order valence-electron chi connectivity index (χ0n) is 24.4. The van der Waals surface area contributed by atoms with Gasteiger partial charge in [-0.2, -0.15) is 0 Å². The molecule has 0 amide bonds. The molecule has 3 aromatic rings. The summed E-state index contributed by atoms with van der Waals surface area (Å²) in [6.45, 7) is 21.5. The standard InChI is InChI=1S/C28H29NS.C5H12.C2H6/c1-6-25(21(5)28-9-7-8-19(3)29-28)23-15-22-12-10-18(2)11-13-26(22)27(16-23)24-14-20(4)30-17-24;1-3-5-4-2;1-2/h6-9,12-18H,5,10-11H2,1-4H3;3-5H2,1-2H3;1-2H3/b25-6+;;. The summed E-state index contributed by atoms with van der Waals surface area (Å²) in [6, 6.07) is 13.1. The third-order valence-electron chi connectivity index (χ3n) is 6.55. The summed E-state index contributed by atoms with van der Waals surface area (Å²) in [5.74, 6) is 0.672. The Morgan fingerprint density at radius 2 is 1.76 bits per heavy atom. The van der Waals surface area contributed by atoms with Crippen molar-refractivity contribution in [1.82, 2.24) is 4.98 Å². The van der Waals surface area contributed by atoms with Gasteiger partial charge in [0.25, 0.3) is 0 Å². The molecule has 0 radical (unpaired) electrons. The molecule has 1 atom stereocenters. The molecule has 1 aromatic carbocycles. The van der Waals surface area contributed by atoms with Crippen LogP contribution in [0.1, 0.15) is 95.5 Å². The number of rotatable bonds is 6. The van der Waals surface area contributed by atoms with E-state index >= 15 is 0 Å². The highest BCUT2D eigenvalue weighted by Crippen LogP contribution is 2.31. The highest BCUT2D eigenvalue weighted by atomic mass is 32.1. The van der Waals surface area contributed by atoms with E-state index in [1.807, 2.05) is 44.2 Å². The molecule has 1 unspecified atom stereocenters. The number of hydrogen-bond donors (Lipinski definition) is 0. The van der Waals surface area contributed by atoms with Gasteiger partial charge in [-0.3, -0.25) is 4.98 Å². The number of aryl methyl sites for hydroxylation is 2. The first kappa shape index (κ1) is 30.5. The van der Waals surface area contributed by atoms with E-state index in [0.717, 1.165) is 35.4 Å². The summed E-state index contributed by atoms with van der Waals surface area (Å²) < 4.78 is 0. The topological polar surface area (TPSA) is 12.9 Å². The van der Waals surface area contributed by atoms with Crippen LogP contribution in [0.4, 0.5) is 0 Å². The number of unbranched alkanes of at least 4 members (excludes halogenated alkanes) is 2. The highest BCUT2D eigenvalue weighted by Gasteiger charge is 2.14. The number of allylic oxidation sites excluding steroid dienone is 3. The zero-order chi connectivity index (χ0) is 27.4. The van der Waals surface area contributed by atoms with Crippen LogP contribution in [0.25, 0.3) is 34.4 Å². The average molecular weight is 514 g/mol. The van der Waals surface area contributed by atoms with Gasteiger partial charge in [0, 0.05) is 16.1 Å². The molecule has 2 aromatic heterocycles. The number of thiophene rings is 1. The fourth-order valence-electron chi connectivity index (χ4n) is 4.51. The van der Waals surface area contributed by atoms with E-state index in [-0.39, 0.29) is 0 Å². The van der Waals surface area contributed by atoms with Gasteiger partial charge in [-0.15, -0.1) is 11.3 Å². The van der Waals surface area contributed by atoms with E-state index in [1.165, 1.54) is 51.3 Å². The summed E-state index contributed by atoms with van der Waals surface area (Å²) in [5, 5.41) is 4.99. The van der Waals surface area contributed by atoms with Gasteiger partial charge in [0.15, 0.2) is 0 Å². The van der Waals surface area contributed by atoms with Crippen molar-refractivity contribution in [2.45, 2.75) is 87.5 Å². The molecule has 0 saturated heterocycles. The Balaban J connectivity index is 0.000000617. The number of benzene rings is 1. The van der Waals surface area contributed by atoms with E-state index in [0.29, 0.717) is 5.92 Å². The van der Waals surface area contributed by atoms with E-state index in [9.17, 15) is 0 Å². The van der Waals surface area contributed by atoms with Gasteiger partial charge in [-0.25, -0.2) is 0 Å². The Labute approximate surface area is 230 Å². The minimum absolute atomic E-state index is 0.672. The van der Waals surface area contributed by atoms with Crippen LogP contribution >= 0.6 is 11.3 Å². The van der Waals surface area contributed by atoms with Gasteiger partial charge in [0.1, 0.15) is 0 Å². The maximum absolute atomic E-state index is 4.71. The van der Waals surface area contributed by atoms with Crippen molar-refractivity contribution in [1.29, 1.82) is 0 Å². The number of nitrogens with zero attached hydrogens (tertiary/aromatic N) is 1. The normalized spacial score (nSPS) is 14.5. The van der Waals surface area contributed by atoms with Gasteiger partial charge in [-0.05, 0) is 108 Å². The van der Waals surface area contributed by atoms with E-state index in [2.05, 4.69) is 89.1 Å². The average Bonchev–Trinajstić information content (AvgIpc) is 3.25. The molecule has 2 heteroatoms. The minimum atomic E-state index is 0.672. The zero-order valence-corrected chi connectivity index (χ0v) is 25.3. The number of aromatic nitrogens is 1. The van der Waals surface area contributed by atoms with E-state index in [4.69, 9.17) is 4.98 Å². The summed E-state index contributed by atoms with van der Waals surface area (Å²) >= 11 is 1.81. The SMILES string of the molecule is C=C(/C(=C\C)c1cc(-c2csc(C)c2)c2c(c1)=CCC(C)CC=2)c1cccc(C)n1.CC.CCCCC. The molecule has 0 bridgehead atoms. The molecule has 37 heavy (non-hydrogen) atoms. The molecule has 1 aliphatic rings. The van der Waals surface area contributed by atoms with Gasteiger partial charge in [0.2, 0.25) is 0 Å². The predicted octanol–water partition coefficient (Wildman–Crippen LogP) is 9.76. The monoisotopic (exact) mass is 513 g/mol. The van der Waals surface area contributed by atoms with Crippen LogP contribution in [0.3, 0.4) is 0 Å². The van der Waals surface area contributed by atoms with Crippen molar-refractivity contribution in [3.05, 3.63) is 86.7 Å². The molecule has 4 rings (SSSR count). The largest absolute Gasteiger partial charge is 0.253 e. The first-order valence-corrected chi connectivity index (χ1v) is 15.0. The smallest absolute Gasteiger partial charge is 0.0705 e. The Morgan fingerprint density at radius 1 is 1.05 bits per heavy atom. The van der Waals surface area contributed by atoms with Crippen molar-refractivity contribution >= 4 is 34.6 Å². The van der Waals surface area contributed by atoms with Crippen LogP contribution in [-0.2, 0) is 0 Å². The van der Waals surface area contributed by atoms with Gasteiger partial charge >= 0.3 is 0 Å². The lowest BCUT2D eigenvalue weighted by atomic mass is 9.91. The van der Waals surface area contributed by atoms with E-state index in [1.54, 1.807) is 0 Å². The first-order valence-electron chi connectivity index (χ1n) is 14.1. The lowest BCUT2D eigenvalue weighted by Crippen LogP contribution is -2.27. The fraction of sp³-hybridized carbons (Fsp3) is 0.400. The predicted molar refractivity (Wildman–Crippen MR) is 169 cm³/mol. The van der Waals surface area contributed by atoms with Crippen molar-refractivity contribution in [3.63, 3.8) is 0 Å². The Morgan fingerprint density at radius 3 is 2.32 bits per heavy atom. The van der Waals surface area contributed by atoms with Gasteiger partial charge < -0.3 is 0 Å². The summed E-state index contributed by atoms with van der Waals surface area (Å²) in [5.41, 5.74) is 7.91. The minimum Gasteiger partial charge on any atom is -0.253 e. The summed E-state index contributed by atoms with van der Waals surface area (Å²) in [6.07, 6.45) is 13.3. The Kier molecular flexibility index (Phi) is 12.8. The Bertz CT molecular complexity index is 1300.